The molecule has 0 aromatic carbocycles. The first-order chi connectivity index (χ1) is 8.39. The summed E-state index contributed by atoms with van der Waals surface area (Å²) in [4.78, 5) is 0. The van der Waals surface area contributed by atoms with E-state index < -0.39 is 0 Å². The number of unbranched alkanes of at least 4 members (excludes halogenated alkanes) is 3. The van der Waals surface area contributed by atoms with Crippen LogP contribution in [0, 0.1) is 5.41 Å². The summed E-state index contributed by atoms with van der Waals surface area (Å²) < 4.78 is 0. The van der Waals surface area contributed by atoms with E-state index in [2.05, 4.69) is 43.9 Å². The molecule has 0 saturated carbocycles. The third kappa shape index (κ3) is 8.52. The Balaban J connectivity index is 4.44. The molecule has 2 atom stereocenters. The van der Waals surface area contributed by atoms with Gasteiger partial charge < -0.3 is 0 Å². The molecule has 110 valence electrons. The van der Waals surface area contributed by atoms with E-state index in [1.54, 1.807) is 0 Å². The van der Waals surface area contributed by atoms with Gasteiger partial charge in [-0.3, -0.25) is 0 Å². The Morgan fingerprint density at radius 3 is 1.50 bits per heavy atom. The zero-order chi connectivity index (χ0) is 14.1. The zero-order valence-corrected chi connectivity index (χ0v) is 14.8. The molecule has 18 heavy (non-hydrogen) atoms. The molecule has 0 aliphatic rings. The Kier molecular flexibility index (Phi) is 9.58. The molecular formula is C17H37P. The lowest BCUT2D eigenvalue weighted by Crippen LogP contribution is -2.28. The molecule has 0 spiro atoms. The van der Waals surface area contributed by atoms with Gasteiger partial charge in [0, 0.05) is 0 Å². The molecule has 0 bridgehead atoms. The lowest BCUT2D eigenvalue weighted by molar-refractivity contribution is 0.206. The fraction of sp³-hybridized carbons (Fsp3) is 1.00. The Hall–Kier alpha value is 0.430. The third-order valence-electron chi connectivity index (χ3n) is 4.20. The van der Waals surface area contributed by atoms with Gasteiger partial charge in [-0.2, -0.15) is 0 Å². The second kappa shape index (κ2) is 9.35. The number of hydrogen-bond acceptors (Lipinski definition) is 0. The van der Waals surface area contributed by atoms with Crippen LogP contribution in [0.25, 0.3) is 0 Å². The minimum atomic E-state index is 0.451. The molecule has 0 saturated heterocycles. The van der Waals surface area contributed by atoms with Crippen molar-refractivity contribution in [2.45, 2.75) is 104 Å². The van der Waals surface area contributed by atoms with Crippen molar-refractivity contribution in [2.75, 3.05) is 0 Å². The van der Waals surface area contributed by atoms with Crippen molar-refractivity contribution < 1.29 is 0 Å². The summed E-state index contributed by atoms with van der Waals surface area (Å²) in [5.41, 5.74) is 0.566. The standard InChI is InChI=1S/C17H37P/c1-6-9-12-16(4,13-10-7-2)15-17(5,18)14-11-8-3/h6-15,18H2,1-5H3. The predicted molar refractivity (Wildman–Crippen MR) is 89.4 cm³/mol. The van der Waals surface area contributed by atoms with Crippen LogP contribution >= 0.6 is 9.24 Å². The number of rotatable bonds is 11. The molecule has 0 aliphatic carbocycles. The summed E-state index contributed by atoms with van der Waals surface area (Å²) in [7, 11) is 3.16. The average Bonchev–Trinajstić information content (AvgIpc) is 2.31. The van der Waals surface area contributed by atoms with Gasteiger partial charge in [-0.05, 0) is 36.3 Å². The van der Waals surface area contributed by atoms with E-state index in [1.807, 2.05) is 0 Å². The predicted octanol–water partition coefficient (Wildman–Crippen LogP) is 6.59. The molecule has 0 amide bonds. The van der Waals surface area contributed by atoms with Crippen molar-refractivity contribution in [3.05, 3.63) is 0 Å². The maximum atomic E-state index is 3.16. The van der Waals surface area contributed by atoms with Crippen LogP contribution in [0.2, 0.25) is 0 Å². The van der Waals surface area contributed by atoms with Crippen molar-refractivity contribution in [3.8, 4) is 0 Å². The molecule has 0 fully saturated rings. The van der Waals surface area contributed by atoms with Crippen molar-refractivity contribution in [1.29, 1.82) is 0 Å². The zero-order valence-electron chi connectivity index (χ0n) is 13.6. The summed E-state index contributed by atoms with van der Waals surface area (Å²) in [6, 6.07) is 0. The highest BCUT2D eigenvalue weighted by Crippen LogP contribution is 2.43. The van der Waals surface area contributed by atoms with E-state index in [-0.39, 0.29) is 0 Å². The SMILES string of the molecule is CCCCC(C)(P)CC(C)(CCCC)CCCC. The fourth-order valence-corrected chi connectivity index (χ4v) is 3.85. The highest BCUT2D eigenvalue weighted by molar-refractivity contribution is 7.18. The van der Waals surface area contributed by atoms with Gasteiger partial charge in [0.15, 0.2) is 0 Å². The largest absolute Gasteiger partial charge is 0.131 e. The van der Waals surface area contributed by atoms with E-state index in [4.69, 9.17) is 0 Å². The molecule has 0 rings (SSSR count). The van der Waals surface area contributed by atoms with Crippen molar-refractivity contribution in [2.24, 2.45) is 5.41 Å². The molecule has 2 unspecified atom stereocenters. The monoisotopic (exact) mass is 272 g/mol. The Bertz CT molecular complexity index is 188. The summed E-state index contributed by atoms with van der Waals surface area (Å²) in [5.74, 6) is 0. The van der Waals surface area contributed by atoms with Gasteiger partial charge in [-0.25, -0.2) is 0 Å². The van der Waals surface area contributed by atoms with Gasteiger partial charge in [0.25, 0.3) is 0 Å². The summed E-state index contributed by atoms with van der Waals surface area (Å²) in [5, 5.41) is 0.451. The van der Waals surface area contributed by atoms with Gasteiger partial charge in [-0.1, -0.05) is 73.1 Å². The Morgan fingerprint density at radius 2 is 1.11 bits per heavy atom. The molecular weight excluding hydrogens is 235 g/mol. The highest BCUT2D eigenvalue weighted by Gasteiger charge is 2.31. The quantitative estimate of drug-likeness (QED) is 0.372. The van der Waals surface area contributed by atoms with Crippen LogP contribution in [0.5, 0.6) is 0 Å². The highest BCUT2D eigenvalue weighted by atomic mass is 31.0. The molecule has 0 radical (unpaired) electrons. The van der Waals surface area contributed by atoms with Gasteiger partial charge in [0.05, 0.1) is 0 Å². The van der Waals surface area contributed by atoms with Crippen molar-refractivity contribution >= 4 is 9.24 Å². The minimum Gasteiger partial charge on any atom is -0.131 e. The van der Waals surface area contributed by atoms with E-state index in [0.29, 0.717) is 10.6 Å². The first kappa shape index (κ1) is 18.4. The summed E-state index contributed by atoms with van der Waals surface area (Å²) in [6.07, 6.45) is 13.7. The van der Waals surface area contributed by atoms with Crippen LogP contribution in [-0.4, -0.2) is 5.16 Å². The van der Waals surface area contributed by atoms with Gasteiger partial charge >= 0.3 is 0 Å². The van der Waals surface area contributed by atoms with Crippen molar-refractivity contribution in [1.82, 2.24) is 0 Å². The van der Waals surface area contributed by atoms with Crippen LogP contribution in [0.15, 0.2) is 0 Å². The third-order valence-corrected chi connectivity index (χ3v) is 4.69. The minimum absolute atomic E-state index is 0.451. The van der Waals surface area contributed by atoms with Crippen LogP contribution < -0.4 is 0 Å². The topological polar surface area (TPSA) is 0 Å². The fourth-order valence-electron chi connectivity index (χ4n) is 3.15. The molecule has 0 aromatic heterocycles. The average molecular weight is 272 g/mol. The Labute approximate surface area is 119 Å². The van der Waals surface area contributed by atoms with Crippen LogP contribution in [0.4, 0.5) is 0 Å². The lowest BCUT2D eigenvalue weighted by atomic mass is 9.73. The molecule has 0 aromatic rings. The van der Waals surface area contributed by atoms with E-state index in [9.17, 15) is 0 Å². The molecule has 0 heterocycles. The summed E-state index contributed by atoms with van der Waals surface area (Å²) >= 11 is 0. The molecule has 0 aliphatic heterocycles. The molecule has 0 nitrogen and oxygen atoms in total. The first-order valence-electron chi connectivity index (χ1n) is 8.18. The van der Waals surface area contributed by atoms with Gasteiger partial charge in [0.1, 0.15) is 0 Å². The summed E-state index contributed by atoms with van der Waals surface area (Å²) in [6.45, 7) is 11.9. The van der Waals surface area contributed by atoms with E-state index in [1.165, 1.54) is 64.2 Å². The molecule has 0 N–H and O–H groups in total. The smallest absolute Gasteiger partial charge is 0.0173 e. The normalized spacial score (nSPS) is 15.7. The van der Waals surface area contributed by atoms with Gasteiger partial charge in [-0.15, -0.1) is 9.24 Å². The second-order valence-electron chi connectivity index (χ2n) is 6.95. The second-order valence-corrected chi connectivity index (χ2v) is 8.35. The number of hydrogen-bond donors (Lipinski definition) is 0. The van der Waals surface area contributed by atoms with E-state index >= 15 is 0 Å². The van der Waals surface area contributed by atoms with E-state index in [0.717, 1.165) is 0 Å². The lowest BCUT2D eigenvalue weighted by Gasteiger charge is -2.38. The maximum absolute atomic E-state index is 3.16. The van der Waals surface area contributed by atoms with Crippen LogP contribution in [-0.2, 0) is 0 Å². The first-order valence-corrected chi connectivity index (χ1v) is 8.76. The Morgan fingerprint density at radius 1 is 0.722 bits per heavy atom. The van der Waals surface area contributed by atoms with Crippen molar-refractivity contribution in [3.63, 3.8) is 0 Å². The van der Waals surface area contributed by atoms with Crippen LogP contribution in [0.1, 0.15) is 98.8 Å². The molecule has 1 heteroatoms. The van der Waals surface area contributed by atoms with Crippen LogP contribution in [0.3, 0.4) is 0 Å². The maximum Gasteiger partial charge on any atom is -0.0173 e. The van der Waals surface area contributed by atoms with Gasteiger partial charge in [0.2, 0.25) is 0 Å².